The molecule has 2 N–H and O–H groups in total. The maximum atomic E-state index is 13.5. The van der Waals surface area contributed by atoms with Gasteiger partial charge < -0.3 is 24.0 Å². The van der Waals surface area contributed by atoms with Crippen molar-refractivity contribution in [3.8, 4) is 5.88 Å². The first-order valence-electron chi connectivity index (χ1n) is 12.6. The molecule has 4 rings (SSSR count). The van der Waals surface area contributed by atoms with E-state index in [1.165, 1.54) is 4.90 Å². The number of rotatable bonds is 9. The fourth-order valence-electron chi connectivity index (χ4n) is 4.25. The zero-order valence-electron chi connectivity index (χ0n) is 22.7. The number of carbonyl (C=O) groups is 1. The lowest BCUT2D eigenvalue weighted by molar-refractivity contribution is 0.225. The second kappa shape index (κ2) is 11.9. The molecule has 10 heteroatoms. The summed E-state index contributed by atoms with van der Waals surface area (Å²) in [5.74, 6) is -0.0691. The van der Waals surface area contributed by atoms with Crippen molar-refractivity contribution in [3.05, 3.63) is 83.9 Å². The first-order valence-corrected chi connectivity index (χ1v) is 14.2. The molecule has 3 aromatic carbocycles. The maximum Gasteiger partial charge on any atom is 0.361 e. The molecule has 9 nitrogen and oxygen atoms in total. The van der Waals surface area contributed by atoms with E-state index in [9.17, 15) is 14.5 Å². The molecule has 0 atom stereocenters. The molecule has 0 aliphatic carbocycles. The van der Waals surface area contributed by atoms with E-state index >= 15 is 0 Å². The van der Waals surface area contributed by atoms with Gasteiger partial charge in [-0.2, -0.15) is 0 Å². The normalized spacial score (nSPS) is 12.1. The van der Waals surface area contributed by atoms with Crippen molar-refractivity contribution in [1.29, 1.82) is 0 Å². The van der Waals surface area contributed by atoms with Gasteiger partial charge in [0.1, 0.15) is 0 Å². The van der Waals surface area contributed by atoms with Crippen molar-refractivity contribution >= 4 is 46.9 Å². The molecule has 0 bridgehead atoms. The van der Waals surface area contributed by atoms with E-state index < -0.39 is 7.60 Å². The number of anilines is 1. The second-order valence-electron chi connectivity index (χ2n) is 8.99. The van der Waals surface area contributed by atoms with Crippen LogP contribution in [0.4, 0.5) is 16.2 Å². The van der Waals surface area contributed by atoms with Crippen LogP contribution in [0.2, 0.25) is 0 Å². The second-order valence-corrected chi connectivity index (χ2v) is 11.0. The molecular weight excluding hydrogens is 515 g/mol. The summed E-state index contributed by atoms with van der Waals surface area (Å²) >= 11 is 0. The number of H-pyrrole nitrogens is 1. The van der Waals surface area contributed by atoms with Gasteiger partial charge in [0, 0.05) is 43.3 Å². The number of aromatic nitrogens is 1. The number of aliphatic imine (C=N–C) groups is 1. The van der Waals surface area contributed by atoms with Crippen LogP contribution in [0.5, 0.6) is 5.88 Å². The third-order valence-electron chi connectivity index (χ3n) is 6.11. The number of fused-ring (bicyclic) bond motifs is 1. The van der Waals surface area contributed by atoms with Crippen molar-refractivity contribution in [2.24, 2.45) is 4.99 Å². The van der Waals surface area contributed by atoms with E-state index in [0.717, 1.165) is 11.3 Å². The number of benzene rings is 3. The fraction of sp³-hybridized carbons (Fsp3) is 0.241. The van der Waals surface area contributed by atoms with Crippen LogP contribution in [-0.4, -0.2) is 61.1 Å². The number of hydrogen-bond donors (Lipinski definition) is 2. The first-order chi connectivity index (χ1) is 18.7. The Morgan fingerprint density at radius 1 is 0.949 bits per heavy atom. The summed E-state index contributed by atoms with van der Waals surface area (Å²) in [4.78, 5) is 23.3. The Morgan fingerprint density at radius 2 is 1.59 bits per heavy atom. The molecule has 0 spiro atoms. The zero-order valence-corrected chi connectivity index (χ0v) is 23.6. The molecule has 1 aromatic heterocycles. The molecule has 0 saturated heterocycles. The third kappa shape index (κ3) is 5.91. The van der Waals surface area contributed by atoms with Crippen LogP contribution in [0.3, 0.4) is 0 Å². The Bertz CT molecular complexity index is 1520. The van der Waals surface area contributed by atoms with Crippen LogP contribution in [0.1, 0.15) is 25.0 Å². The van der Waals surface area contributed by atoms with Crippen molar-refractivity contribution in [2.45, 2.75) is 13.8 Å². The molecule has 204 valence electrons. The van der Waals surface area contributed by atoms with Crippen LogP contribution >= 0.6 is 7.60 Å². The molecule has 39 heavy (non-hydrogen) atoms. The zero-order chi connectivity index (χ0) is 28.2. The van der Waals surface area contributed by atoms with Crippen LogP contribution in [-0.2, 0) is 13.6 Å². The SMILES string of the molecule is CCOP(=O)(OCC)c1ccc2[nH]c(O)c(C(=Nc3ccc(N(C)C(=O)N(C)C)cc3)c3ccccc3)c2c1. The fourth-order valence-corrected chi connectivity index (χ4v) is 5.85. The van der Waals surface area contributed by atoms with Gasteiger partial charge >= 0.3 is 13.6 Å². The maximum absolute atomic E-state index is 13.5. The number of aromatic hydroxyl groups is 1. The third-order valence-corrected chi connectivity index (χ3v) is 8.22. The van der Waals surface area contributed by atoms with Crippen LogP contribution in [0.25, 0.3) is 10.9 Å². The van der Waals surface area contributed by atoms with Gasteiger partial charge in [-0.05, 0) is 56.3 Å². The molecule has 0 radical (unpaired) electrons. The lowest BCUT2D eigenvalue weighted by Crippen LogP contribution is -2.36. The Morgan fingerprint density at radius 3 is 2.18 bits per heavy atom. The number of nitrogens with one attached hydrogen (secondary N) is 1. The summed E-state index contributed by atoms with van der Waals surface area (Å²) in [6.07, 6.45) is 0. The average molecular weight is 549 g/mol. The number of carbonyl (C=O) groups excluding carboxylic acids is 1. The van der Waals surface area contributed by atoms with E-state index in [0.29, 0.717) is 33.2 Å². The molecule has 0 unspecified atom stereocenters. The summed E-state index contributed by atoms with van der Waals surface area (Å²) in [5, 5.41) is 12.1. The van der Waals surface area contributed by atoms with Crippen LogP contribution in [0.15, 0.2) is 77.8 Å². The molecule has 0 aliphatic rings. The van der Waals surface area contributed by atoms with Gasteiger partial charge in [0.2, 0.25) is 0 Å². The standard InChI is InChI=1S/C29H33N4O5P/c1-6-37-39(36,38-7-2)23-17-18-25-24(19-23)26(28(34)31-25)27(20-11-9-8-10-12-20)30-21-13-15-22(16-14-21)33(5)29(35)32(3)4/h8-19,31,34H,6-7H2,1-5H3. The van der Waals surface area contributed by atoms with Gasteiger partial charge in [-0.25, -0.2) is 9.79 Å². The van der Waals surface area contributed by atoms with E-state index in [1.807, 2.05) is 54.6 Å². The summed E-state index contributed by atoms with van der Waals surface area (Å²) in [6, 6.07) is 21.8. The number of aromatic amines is 1. The lowest BCUT2D eigenvalue weighted by atomic mass is 10.0. The summed E-state index contributed by atoms with van der Waals surface area (Å²) in [6.45, 7) is 3.97. The Labute approximate surface area is 228 Å². The highest BCUT2D eigenvalue weighted by Crippen LogP contribution is 2.47. The van der Waals surface area contributed by atoms with Crippen molar-refractivity contribution < 1.29 is 23.5 Å². The van der Waals surface area contributed by atoms with Crippen LogP contribution < -0.4 is 10.2 Å². The van der Waals surface area contributed by atoms with Gasteiger partial charge in [-0.1, -0.05) is 30.3 Å². The quantitative estimate of drug-likeness (QED) is 0.196. The molecule has 4 aromatic rings. The van der Waals surface area contributed by atoms with Crippen molar-refractivity contribution in [1.82, 2.24) is 9.88 Å². The smallest absolute Gasteiger partial charge is 0.361 e. The van der Waals surface area contributed by atoms with Crippen molar-refractivity contribution in [2.75, 3.05) is 39.3 Å². The van der Waals surface area contributed by atoms with E-state index in [2.05, 4.69) is 4.98 Å². The molecule has 0 aliphatic heterocycles. The monoisotopic (exact) mass is 548 g/mol. The first kappa shape index (κ1) is 28.1. The highest BCUT2D eigenvalue weighted by Gasteiger charge is 2.28. The molecule has 1 heterocycles. The molecular formula is C29H33N4O5P. The predicted molar refractivity (Wildman–Crippen MR) is 156 cm³/mol. The Balaban J connectivity index is 1.86. The van der Waals surface area contributed by atoms with Gasteiger partial charge in [-0.15, -0.1) is 0 Å². The number of amides is 2. The van der Waals surface area contributed by atoms with Gasteiger partial charge in [0.25, 0.3) is 0 Å². The van der Waals surface area contributed by atoms with E-state index in [-0.39, 0.29) is 25.1 Å². The van der Waals surface area contributed by atoms with Gasteiger partial charge in [0.05, 0.1) is 35.5 Å². The van der Waals surface area contributed by atoms with E-state index in [1.54, 1.807) is 58.1 Å². The number of urea groups is 1. The molecule has 0 saturated carbocycles. The minimum absolute atomic E-state index is 0.0691. The minimum Gasteiger partial charge on any atom is -0.494 e. The predicted octanol–water partition coefficient (Wildman–Crippen LogP) is 6.05. The minimum atomic E-state index is -3.56. The largest absolute Gasteiger partial charge is 0.494 e. The summed E-state index contributed by atoms with van der Waals surface area (Å²) in [5.41, 5.74) is 3.75. The Kier molecular flexibility index (Phi) is 8.55. The lowest BCUT2D eigenvalue weighted by Gasteiger charge is -2.21. The number of hydrogen-bond acceptors (Lipinski definition) is 6. The molecule has 0 fully saturated rings. The highest BCUT2D eigenvalue weighted by atomic mass is 31.2. The van der Waals surface area contributed by atoms with Gasteiger partial charge in [-0.3, -0.25) is 9.46 Å². The average Bonchev–Trinajstić information content (AvgIpc) is 3.26. The van der Waals surface area contributed by atoms with Crippen LogP contribution in [0, 0.1) is 0 Å². The summed E-state index contributed by atoms with van der Waals surface area (Å²) in [7, 11) is 1.55. The topological polar surface area (TPSA) is 107 Å². The van der Waals surface area contributed by atoms with E-state index in [4.69, 9.17) is 14.0 Å². The molecule has 2 amide bonds. The summed E-state index contributed by atoms with van der Waals surface area (Å²) < 4.78 is 24.6. The van der Waals surface area contributed by atoms with Gasteiger partial charge in [0.15, 0.2) is 5.88 Å². The number of nitrogens with zero attached hydrogens (tertiary/aromatic N) is 3. The Hall–Kier alpha value is -3.91. The highest BCUT2D eigenvalue weighted by molar-refractivity contribution is 7.62. The van der Waals surface area contributed by atoms with Crippen molar-refractivity contribution in [3.63, 3.8) is 0 Å².